The standard InChI is InChI=1S/C9H23N3O2S/c1-7(2)6-11-15(13,14)12-9(4)5-8(3)10/h7-9,11-12H,5-6,10H2,1-4H3. The van der Waals surface area contributed by atoms with Crippen LogP contribution in [-0.2, 0) is 10.2 Å². The van der Waals surface area contributed by atoms with Gasteiger partial charge in [-0.2, -0.15) is 13.1 Å². The number of hydrogen-bond donors (Lipinski definition) is 3. The van der Waals surface area contributed by atoms with Crippen LogP contribution < -0.4 is 15.2 Å². The van der Waals surface area contributed by atoms with Crippen molar-refractivity contribution in [1.29, 1.82) is 0 Å². The first-order chi connectivity index (χ1) is 6.73. The number of rotatable bonds is 7. The Hall–Kier alpha value is -0.170. The van der Waals surface area contributed by atoms with Crippen LogP contribution in [0.15, 0.2) is 0 Å². The summed E-state index contributed by atoms with van der Waals surface area (Å²) in [6, 6.07) is -0.150. The van der Waals surface area contributed by atoms with Gasteiger partial charge in [-0.15, -0.1) is 0 Å². The molecule has 0 aromatic heterocycles. The first-order valence-corrected chi connectivity index (χ1v) is 6.73. The van der Waals surface area contributed by atoms with Crippen molar-refractivity contribution in [3.05, 3.63) is 0 Å². The van der Waals surface area contributed by atoms with Crippen LogP contribution in [0.4, 0.5) is 0 Å². The van der Waals surface area contributed by atoms with Crippen LogP contribution >= 0.6 is 0 Å². The SMILES string of the molecule is CC(C)CNS(=O)(=O)NC(C)CC(C)N. The second-order valence-electron chi connectivity index (χ2n) is 4.48. The molecule has 0 bridgehead atoms. The summed E-state index contributed by atoms with van der Waals surface area (Å²) in [6.07, 6.45) is 0.628. The van der Waals surface area contributed by atoms with Crippen LogP contribution in [0.5, 0.6) is 0 Å². The summed E-state index contributed by atoms with van der Waals surface area (Å²) in [5, 5.41) is 0. The molecule has 92 valence electrons. The number of nitrogens with one attached hydrogen (secondary N) is 2. The Kier molecular flexibility index (Phi) is 6.35. The van der Waals surface area contributed by atoms with Gasteiger partial charge >= 0.3 is 0 Å². The molecular weight excluding hydrogens is 214 g/mol. The second kappa shape index (κ2) is 6.42. The fraction of sp³-hybridized carbons (Fsp3) is 1.00. The predicted octanol–water partition coefficient (Wildman–Crippen LogP) is 0.192. The first-order valence-electron chi connectivity index (χ1n) is 5.25. The van der Waals surface area contributed by atoms with Crippen LogP contribution in [0.2, 0.25) is 0 Å². The van der Waals surface area contributed by atoms with Gasteiger partial charge in [-0.05, 0) is 26.2 Å². The molecule has 0 aliphatic rings. The fourth-order valence-corrected chi connectivity index (χ4v) is 2.45. The third kappa shape index (κ3) is 8.80. The molecule has 0 rings (SSSR count). The lowest BCUT2D eigenvalue weighted by Gasteiger charge is -2.17. The summed E-state index contributed by atoms with van der Waals surface area (Å²) in [5.74, 6) is 0.297. The summed E-state index contributed by atoms with van der Waals surface area (Å²) in [7, 11) is -3.38. The van der Waals surface area contributed by atoms with Crippen molar-refractivity contribution < 1.29 is 8.42 Å². The van der Waals surface area contributed by atoms with Gasteiger partial charge in [-0.3, -0.25) is 0 Å². The van der Waals surface area contributed by atoms with E-state index in [1.54, 1.807) is 6.92 Å². The Morgan fingerprint density at radius 2 is 1.73 bits per heavy atom. The number of nitrogens with two attached hydrogens (primary N) is 1. The van der Waals surface area contributed by atoms with E-state index in [4.69, 9.17) is 5.73 Å². The van der Waals surface area contributed by atoms with Gasteiger partial charge in [0.05, 0.1) is 0 Å². The van der Waals surface area contributed by atoms with E-state index >= 15 is 0 Å². The smallest absolute Gasteiger partial charge is 0.277 e. The summed E-state index contributed by atoms with van der Waals surface area (Å²) in [6.45, 7) is 8.01. The van der Waals surface area contributed by atoms with E-state index in [0.717, 1.165) is 0 Å². The van der Waals surface area contributed by atoms with Crippen LogP contribution in [0.3, 0.4) is 0 Å². The minimum absolute atomic E-state index is 0.00667. The van der Waals surface area contributed by atoms with Crippen molar-refractivity contribution in [2.45, 2.75) is 46.2 Å². The van der Waals surface area contributed by atoms with Gasteiger partial charge in [0.25, 0.3) is 10.2 Å². The average Bonchev–Trinajstić information content (AvgIpc) is 1.98. The Morgan fingerprint density at radius 3 is 2.13 bits per heavy atom. The highest BCUT2D eigenvalue weighted by molar-refractivity contribution is 7.87. The molecule has 0 saturated carbocycles. The Balaban J connectivity index is 4.02. The minimum Gasteiger partial charge on any atom is -0.328 e. The molecular formula is C9H23N3O2S. The van der Waals surface area contributed by atoms with Gasteiger partial charge in [0.2, 0.25) is 0 Å². The molecule has 6 heteroatoms. The normalized spacial score (nSPS) is 16.7. The number of hydrogen-bond acceptors (Lipinski definition) is 3. The molecule has 0 spiro atoms. The fourth-order valence-electron chi connectivity index (χ4n) is 1.19. The van der Waals surface area contributed by atoms with Crippen LogP contribution in [0, 0.1) is 5.92 Å². The molecule has 0 fully saturated rings. The van der Waals surface area contributed by atoms with Crippen LogP contribution in [0.1, 0.15) is 34.1 Å². The molecule has 0 aliphatic heterocycles. The lowest BCUT2D eigenvalue weighted by molar-refractivity contribution is 0.504. The average molecular weight is 237 g/mol. The summed E-state index contributed by atoms with van der Waals surface area (Å²) in [5.41, 5.74) is 5.58. The monoisotopic (exact) mass is 237 g/mol. The third-order valence-corrected chi connectivity index (χ3v) is 3.02. The molecule has 2 atom stereocenters. The van der Waals surface area contributed by atoms with Crippen molar-refractivity contribution in [3.8, 4) is 0 Å². The zero-order valence-corrected chi connectivity index (χ0v) is 10.8. The quantitative estimate of drug-likeness (QED) is 0.591. The molecule has 5 nitrogen and oxygen atoms in total. The van der Waals surface area contributed by atoms with E-state index in [0.29, 0.717) is 18.9 Å². The van der Waals surface area contributed by atoms with E-state index in [-0.39, 0.29) is 12.1 Å². The van der Waals surface area contributed by atoms with Crippen LogP contribution in [0.25, 0.3) is 0 Å². The predicted molar refractivity (Wildman–Crippen MR) is 62.6 cm³/mol. The van der Waals surface area contributed by atoms with E-state index < -0.39 is 10.2 Å². The van der Waals surface area contributed by atoms with E-state index in [1.807, 2.05) is 20.8 Å². The van der Waals surface area contributed by atoms with E-state index in [2.05, 4.69) is 9.44 Å². The minimum atomic E-state index is -3.38. The Bertz CT molecular complexity index is 263. The maximum Gasteiger partial charge on any atom is 0.277 e. The van der Waals surface area contributed by atoms with Gasteiger partial charge in [0.1, 0.15) is 0 Å². The molecule has 0 aromatic carbocycles. The molecule has 0 aliphatic carbocycles. The van der Waals surface area contributed by atoms with Gasteiger partial charge in [-0.1, -0.05) is 13.8 Å². The highest BCUT2D eigenvalue weighted by Gasteiger charge is 2.14. The topological polar surface area (TPSA) is 84.2 Å². The van der Waals surface area contributed by atoms with Crippen molar-refractivity contribution >= 4 is 10.2 Å². The molecule has 15 heavy (non-hydrogen) atoms. The van der Waals surface area contributed by atoms with Crippen LogP contribution in [-0.4, -0.2) is 27.0 Å². The van der Waals surface area contributed by atoms with Gasteiger partial charge < -0.3 is 5.73 Å². The summed E-state index contributed by atoms with van der Waals surface area (Å²) < 4.78 is 27.9. The van der Waals surface area contributed by atoms with Gasteiger partial charge in [0.15, 0.2) is 0 Å². The molecule has 2 unspecified atom stereocenters. The van der Waals surface area contributed by atoms with Gasteiger partial charge in [0, 0.05) is 18.6 Å². The molecule has 0 heterocycles. The van der Waals surface area contributed by atoms with Gasteiger partial charge in [-0.25, -0.2) is 4.72 Å². The Morgan fingerprint density at radius 1 is 1.20 bits per heavy atom. The molecule has 4 N–H and O–H groups in total. The molecule has 0 radical (unpaired) electrons. The van der Waals surface area contributed by atoms with E-state index in [1.165, 1.54) is 0 Å². The summed E-state index contributed by atoms with van der Waals surface area (Å²) >= 11 is 0. The summed E-state index contributed by atoms with van der Waals surface area (Å²) in [4.78, 5) is 0. The highest BCUT2D eigenvalue weighted by Crippen LogP contribution is 1.97. The van der Waals surface area contributed by atoms with Crippen molar-refractivity contribution in [2.24, 2.45) is 11.7 Å². The molecule has 0 aromatic rings. The molecule has 0 amide bonds. The second-order valence-corrected chi connectivity index (χ2v) is 6.01. The highest BCUT2D eigenvalue weighted by atomic mass is 32.2. The molecule has 0 saturated heterocycles. The zero-order valence-electron chi connectivity index (χ0n) is 9.95. The Labute approximate surface area is 93.0 Å². The maximum absolute atomic E-state index is 11.5. The van der Waals surface area contributed by atoms with Crippen molar-refractivity contribution in [3.63, 3.8) is 0 Å². The lowest BCUT2D eigenvalue weighted by Crippen LogP contribution is -2.44. The first kappa shape index (κ1) is 14.8. The van der Waals surface area contributed by atoms with E-state index in [9.17, 15) is 8.42 Å². The van der Waals surface area contributed by atoms with Crippen molar-refractivity contribution in [1.82, 2.24) is 9.44 Å². The van der Waals surface area contributed by atoms with Crippen molar-refractivity contribution in [2.75, 3.05) is 6.54 Å². The largest absolute Gasteiger partial charge is 0.328 e. The lowest BCUT2D eigenvalue weighted by atomic mass is 10.1. The maximum atomic E-state index is 11.5. The zero-order chi connectivity index (χ0) is 12.1. The third-order valence-electron chi connectivity index (χ3n) is 1.76.